The molecule has 0 saturated carbocycles. The van der Waals surface area contributed by atoms with E-state index in [0.717, 1.165) is 0 Å². The number of carbonyl (C=O) groups excluding carboxylic acids is 1. The highest BCUT2D eigenvalue weighted by atomic mass is 16.5. The summed E-state index contributed by atoms with van der Waals surface area (Å²) in [6.45, 7) is 2.45. The third-order valence-electron chi connectivity index (χ3n) is 3.37. The van der Waals surface area contributed by atoms with Gasteiger partial charge in [-0.05, 0) is 36.8 Å². The fraction of sp³-hybridized carbons (Fsp3) is 0.278. The van der Waals surface area contributed by atoms with Crippen LogP contribution in [0.4, 0.5) is 0 Å². The quantitative estimate of drug-likeness (QED) is 0.824. The fourth-order valence-electron chi connectivity index (χ4n) is 2.19. The van der Waals surface area contributed by atoms with Gasteiger partial charge in [0.2, 0.25) is 0 Å². The zero-order chi connectivity index (χ0) is 16.7. The highest BCUT2D eigenvalue weighted by Crippen LogP contribution is 2.20. The molecule has 2 N–H and O–H groups in total. The number of methoxy groups -OCH3 is 1. The van der Waals surface area contributed by atoms with Crippen molar-refractivity contribution in [3.63, 3.8) is 0 Å². The van der Waals surface area contributed by atoms with E-state index in [1.807, 2.05) is 13.0 Å². The van der Waals surface area contributed by atoms with Crippen molar-refractivity contribution >= 4 is 5.91 Å². The number of nitrogens with one attached hydrogen (secondary N) is 1. The molecule has 0 aliphatic rings. The van der Waals surface area contributed by atoms with Crippen molar-refractivity contribution in [2.75, 3.05) is 20.3 Å². The standard InChI is InChI=1S/C18H21NO4/c1-3-23-17-10-5-4-9-15(17)18(21)19-12-16(20)13-7-6-8-14(11-13)22-2/h4-11,16,20H,3,12H2,1-2H3,(H,19,21)/t16-/m0/s1. The van der Waals surface area contributed by atoms with Gasteiger partial charge in [0, 0.05) is 6.54 Å². The average Bonchev–Trinajstić information content (AvgIpc) is 2.60. The smallest absolute Gasteiger partial charge is 0.255 e. The minimum atomic E-state index is -0.812. The first kappa shape index (κ1) is 16.8. The number of para-hydroxylation sites is 1. The molecule has 2 aromatic rings. The molecule has 0 fully saturated rings. The molecule has 0 spiro atoms. The maximum atomic E-state index is 12.3. The van der Waals surface area contributed by atoms with Gasteiger partial charge in [0.05, 0.1) is 25.4 Å². The van der Waals surface area contributed by atoms with Crippen LogP contribution in [0.5, 0.6) is 11.5 Å². The average molecular weight is 315 g/mol. The number of benzene rings is 2. The topological polar surface area (TPSA) is 67.8 Å². The zero-order valence-electron chi connectivity index (χ0n) is 13.3. The Morgan fingerprint density at radius 2 is 2.00 bits per heavy atom. The minimum Gasteiger partial charge on any atom is -0.497 e. The molecule has 0 aromatic heterocycles. The van der Waals surface area contributed by atoms with Crippen LogP contribution in [-0.4, -0.2) is 31.3 Å². The monoisotopic (exact) mass is 315 g/mol. The van der Waals surface area contributed by atoms with Crippen LogP contribution in [-0.2, 0) is 0 Å². The van der Waals surface area contributed by atoms with Gasteiger partial charge in [-0.15, -0.1) is 0 Å². The lowest BCUT2D eigenvalue weighted by molar-refractivity contribution is 0.0912. The molecular formula is C18H21NO4. The van der Waals surface area contributed by atoms with Gasteiger partial charge in [-0.1, -0.05) is 24.3 Å². The number of aliphatic hydroxyl groups excluding tert-OH is 1. The third kappa shape index (κ3) is 4.47. The van der Waals surface area contributed by atoms with Crippen molar-refractivity contribution in [2.24, 2.45) is 0 Å². The maximum absolute atomic E-state index is 12.3. The largest absolute Gasteiger partial charge is 0.497 e. The molecule has 122 valence electrons. The third-order valence-corrected chi connectivity index (χ3v) is 3.37. The predicted octanol–water partition coefficient (Wildman–Crippen LogP) is 2.56. The molecular weight excluding hydrogens is 294 g/mol. The van der Waals surface area contributed by atoms with E-state index in [1.165, 1.54) is 0 Å². The second kappa shape index (κ2) is 8.19. The van der Waals surface area contributed by atoms with Crippen molar-refractivity contribution in [1.29, 1.82) is 0 Å². The van der Waals surface area contributed by atoms with Gasteiger partial charge in [0.15, 0.2) is 0 Å². The van der Waals surface area contributed by atoms with Crippen LogP contribution >= 0.6 is 0 Å². The Morgan fingerprint density at radius 3 is 2.74 bits per heavy atom. The van der Waals surface area contributed by atoms with E-state index in [2.05, 4.69) is 5.32 Å². The Balaban J connectivity index is 2.01. The number of carbonyl (C=O) groups is 1. The van der Waals surface area contributed by atoms with Crippen LogP contribution in [0.15, 0.2) is 48.5 Å². The van der Waals surface area contributed by atoms with Gasteiger partial charge in [-0.2, -0.15) is 0 Å². The highest BCUT2D eigenvalue weighted by molar-refractivity contribution is 5.96. The number of rotatable bonds is 7. The van der Waals surface area contributed by atoms with Gasteiger partial charge >= 0.3 is 0 Å². The number of hydrogen-bond acceptors (Lipinski definition) is 4. The maximum Gasteiger partial charge on any atom is 0.255 e. The Bertz CT molecular complexity index is 657. The fourth-order valence-corrected chi connectivity index (χ4v) is 2.19. The Morgan fingerprint density at radius 1 is 1.22 bits per heavy atom. The van der Waals surface area contributed by atoms with E-state index < -0.39 is 6.10 Å². The van der Waals surface area contributed by atoms with E-state index >= 15 is 0 Å². The number of amides is 1. The molecule has 5 nitrogen and oxygen atoms in total. The first-order valence-electron chi connectivity index (χ1n) is 7.47. The number of ether oxygens (including phenoxy) is 2. The van der Waals surface area contributed by atoms with Crippen LogP contribution in [0.1, 0.15) is 28.9 Å². The first-order valence-corrected chi connectivity index (χ1v) is 7.47. The van der Waals surface area contributed by atoms with Crippen LogP contribution in [0.2, 0.25) is 0 Å². The molecule has 0 unspecified atom stereocenters. The van der Waals surface area contributed by atoms with Crippen LogP contribution in [0, 0.1) is 0 Å². The molecule has 1 atom stereocenters. The second-order valence-corrected chi connectivity index (χ2v) is 4.93. The van der Waals surface area contributed by atoms with Gasteiger partial charge < -0.3 is 19.9 Å². The molecule has 0 aliphatic carbocycles. The summed E-state index contributed by atoms with van der Waals surface area (Å²) in [5.74, 6) is 0.911. The predicted molar refractivity (Wildman–Crippen MR) is 87.9 cm³/mol. The summed E-state index contributed by atoms with van der Waals surface area (Å²) in [6.07, 6.45) is -0.812. The Kier molecular flexibility index (Phi) is 6.00. The lowest BCUT2D eigenvalue weighted by Crippen LogP contribution is -2.28. The van der Waals surface area contributed by atoms with E-state index in [-0.39, 0.29) is 12.5 Å². The van der Waals surface area contributed by atoms with Gasteiger partial charge in [0.1, 0.15) is 11.5 Å². The van der Waals surface area contributed by atoms with Crippen LogP contribution < -0.4 is 14.8 Å². The summed E-state index contributed by atoms with van der Waals surface area (Å²) in [5, 5.41) is 12.9. The number of aliphatic hydroxyl groups is 1. The summed E-state index contributed by atoms with van der Waals surface area (Å²) in [7, 11) is 1.57. The molecule has 23 heavy (non-hydrogen) atoms. The van der Waals surface area contributed by atoms with E-state index in [4.69, 9.17) is 9.47 Å². The van der Waals surface area contributed by atoms with E-state index in [9.17, 15) is 9.90 Å². The summed E-state index contributed by atoms with van der Waals surface area (Å²) in [4.78, 5) is 12.3. The van der Waals surface area contributed by atoms with Crippen molar-refractivity contribution < 1.29 is 19.4 Å². The van der Waals surface area contributed by atoms with E-state index in [1.54, 1.807) is 49.6 Å². The number of hydrogen-bond donors (Lipinski definition) is 2. The second-order valence-electron chi connectivity index (χ2n) is 4.93. The van der Waals surface area contributed by atoms with Gasteiger partial charge in [0.25, 0.3) is 5.91 Å². The van der Waals surface area contributed by atoms with Crippen molar-refractivity contribution in [3.8, 4) is 11.5 Å². The molecule has 0 saturated heterocycles. The summed E-state index contributed by atoms with van der Waals surface area (Å²) in [6, 6.07) is 14.1. The SMILES string of the molecule is CCOc1ccccc1C(=O)NC[C@H](O)c1cccc(OC)c1. The summed E-state index contributed by atoms with van der Waals surface area (Å²) in [5.41, 5.74) is 1.13. The molecule has 0 aliphatic heterocycles. The van der Waals surface area contributed by atoms with Gasteiger partial charge in [-0.25, -0.2) is 0 Å². The lowest BCUT2D eigenvalue weighted by atomic mass is 10.1. The molecule has 0 radical (unpaired) electrons. The van der Waals surface area contributed by atoms with Crippen molar-refractivity contribution in [1.82, 2.24) is 5.32 Å². The van der Waals surface area contributed by atoms with E-state index in [0.29, 0.717) is 29.2 Å². The van der Waals surface area contributed by atoms with Crippen LogP contribution in [0.3, 0.4) is 0 Å². The Labute approximate surface area is 135 Å². The molecule has 0 bridgehead atoms. The first-order chi connectivity index (χ1) is 11.2. The molecule has 5 heteroatoms. The highest BCUT2D eigenvalue weighted by Gasteiger charge is 2.14. The molecule has 2 rings (SSSR count). The van der Waals surface area contributed by atoms with Crippen LogP contribution in [0.25, 0.3) is 0 Å². The summed E-state index contributed by atoms with van der Waals surface area (Å²) < 4.78 is 10.6. The van der Waals surface area contributed by atoms with Crippen molar-refractivity contribution in [2.45, 2.75) is 13.0 Å². The normalized spacial score (nSPS) is 11.6. The summed E-state index contributed by atoms with van der Waals surface area (Å²) >= 11 is 0. The molecule has 2 aromatic carbocycles. The Hall–Kier alpha value is -2.53. The van der Waals surface area contributed by atoms with Gasteiger partial charge in [-0.3, -0.25) is 4.79 Å². The molecule has 1 amide bonds. The zero-order valence-corrected chi connectivity index (χ0v) is 13.3. The van der Waals surface area contributed by atoms with Crippen molar-refractivity contribution in [3.05, 3.63) is 59.7 Å². The molecule has 0 heterocycles. The minimum absolute atomic E-state index is 0.104. The lowest BCUT2D eigenvalue weighted by Gasteiger charge is -2.14.